The van der Waals surface area contributed by atoms with Gasteiger partial charge in [0.1, 0.15) is 0 Å². The maximum atomic E-state index is 10.3. The lowest BCUT2D eigenvalue weighted by molar-refractivity contribution is 0.378. The molecule has 11 heavy (non-hydrogen) atoms. The van der Waals surface area contributed by atoms with E-state index in [1.165, 1.54) is 0 Å². The first-order valence-corrected chi connectivity index (χ1v) is 3.77. The van der Waals surface area contributed by atoms with E-state index in [0.717, 1.165) is 26.2 Å². The van der Waals surface area contributed by atoms with Gasteiger partial charge in [-0.2, -0.15) is 0 Å². The Morgan fingerprint density at radius 1 is 1.18 bits per heavy atom. The van der Waals surface area contributed by atoms with E-state index >= 15 is 0 Å². The maximum Gasteiger partial charge on any atom is 0.312 e. The molecule has 1 amide bonds. The first-order chi connectivity index (χ1) is 5.35. The van der Waals surface area contributed by atoms with Crippen molar-refractivity contribution in [3.63, 3.8) is 0 Å². The van der Waals surface area contributed by atoms with Crippen LogP contribution in [0, 0.1) is 0 Å². The van der Waals surface area contributed by atoms with E-state index in [1.54, 1.807) is 4.90 Å². The van der Waals surface area contributed by atoms with Gasteiger partial charge in [-0.1, -0.05) is 0 Å². The average molecular weight is 158 g/mol. The van der Waals surface area contributed by atoms with Crippen LogP contribution in [0.25, 0.3) is 0 Å². The number of nitrogens with one attached hydrogen (secondary N) is 2. The molecule has 0 atom stereocenters. The van der Waals surface area contributed by atoms with Crippen LogP contribution in [0.4, 0.5) is 0 Å². The standard InChI is InChI=1S/C7H16N3O/c1-8-3-5-10(7-11)6-4-9-2/h8-9H,3-6H2,1-2H3. The molecule has 4 nitrogen and oxygen atoms in total. The average Bonchev–Trinajstić information content (AvgIpc) is 2.05. The van der Waals surface area contributed by atoms with Gasteiger partial charge in [-0.25, -0.2) is 0 Å². The molecular formula is C7H16N3O. The van der Waals surface area contributed by atoms with Gasteiger partial charge in [-0.15, -0.1) is 0 Å². The van der Waals surface area contributed by atoms with E-state index in [4.69, 9.17) is 0 Å². The van der Waals surface area contributed by atoms with E-state index in [9.17, 15) is 4.79 Å². The minimum absolute atomic E-state index is 0.724. The molecule has 0 aromatic carbocycles. The van der Waals surface area contributed by atoms with Gasteiger partial charge < -0.3 is 15.5 Å². The third-order valence-electron chi connectivity index (χ3n) is 1.39. The van der Waals surface area contributed by atoms with Gasteiger partial charge in [0.05, 0.1) is 0 Å². The molecule has 0 fully saturated rings. The molecule has 2 N–H and O–H groups in total. The van der Waals surface area contributed by atoms with Crippen LogP contribution in [0.1, 0.15) is 0 Å². The SMILES string of the molecule is CNCCN([C]=O)CCNC. The zero-order valence-electron chi connectivity index (χ0n) is 7.18. The van der Waals surface area contributed by atoms with Gasteiger partial charge in [-0.3, -0.25) is 4.79 Å². The summed E-state index contributed by atoms with van der Waals surface area (Å²) < 4.78 is 0. The highest BCUT2D eigenvalue weighted by molar-refractivity contribution is 5.47. The molecule has 4 heteroatoms. The first kappa shape index (κ1) is 10.4. The van der Waals surface area contributed by atoms with E-state index < -0.39 is 0 Å². The Morgan fingerprint density at radius 2 is 1.64 bits per heavy atom. The Kier molecular flexibility index (Phi) is 7.08. The molecule has 0 rings (SSSR count). The normalized spacial score (nSPS) is 9.64. The van der Waals surface area contributed by atoms with Crippen molar-refractivity contribution < 1.29 is 4.79 Å². The number of likely N-dealkylation sites (N-methyl/N-ethyl adjacent to an activating group) is 2. The fourth-order valence-electron chi connectivity index (χ4n) is 0.697. The van der Waals surface area contributed by atoms with Crippen LogP contribution in [-0.2, 0) is 4.79 Å². The van der Waals surface area contributed by atoms with E-state index in [0.29, 0.717) is 0 Å². The Hall–Kier alpha value is -0.610. The third-order valence-corrected chi connectivity index (χ3v) is 1.39. The summed E-state index contributed by atoms with van der Waals surface area (Å²) in [4.78, 5) is 11.9. The van der Waals surface area contributed by atoms with Crippen molar-refractivity contribution in [1.29, 1.82) is 0 Å². The molecule has 0 spiro atoms. The quantitative estimate of drug-likeness (QED) is 0.457. The number of amides is 1. The van der Waals surface area contributed by atoms with Crippen LogP contribution in [0.2, 0.25) is 0 Å². The predicted octanol–water partition coefficient (Wildman–Crippen LogP) is -1.21. The molecule has 0 aliphatic carbocycles. The summed E-state index contributed by atoms with van der Waals surface area (Å²) in [6, 6.07) is 0. The van der Waals surface area contributed by atoms with Crippen LogP contribution in [0.5, 0.6) is 0 Å². The zero-order chi connectivity index (χ0) is 8.53. The Bertz CT molecular complexity index is 89.7. The summed E-state index contributed by atoms with van der Waals surface area (Å²) >= 11 is 0. The van der Waals surface area contributed by atoms with Crippen LogP contribution in [0.3, 0.4) is 0 Å². The van der Waals surface area contributed by atoms with Crippen molar-refractivity contribution in [2.75, 3.05) is 40.3 Å². The summed E-state index contributed by atoms with van der Waals surface area (Å²) in [5, 5.41) is 5.94. The van der Waals surface area contributed by atoms with Gasteiger partial charge >= 0.3 is 6.41 Å². The molecule has 0 saturated heterocycles. The summed E-state index contributed by atoms with van der Waals surface area (Å²) in [6.45, 7) is 3.08. The second-order valence-electron chi connectivity index (χ2n) is 2.29. The second kappa shape index (κ2) is 7.50. The van der Waals surface area contributed by atoms with Crippen molar-refractivity contribution in [3.05, 3.63) is 0 Å². The van der Waals surface area contributed by atoms with Crippen molar-refractivity contribution in [3.8, 4) is 0 Å². The number of nitrogens with zero attached hydrogens (tertiary/aromatic N) is 1. The predicted molar refractivity (Wildman–Crippen MR) is 45.1 cm³/mol. The first-order valence-electron chi connectivity index (χ1n) is 3.77. The summed E-state index contributed by atoms with van der Waals surface area (Å²) in [6.07, 6.45) is 1.88. The van der Waals surface area contributed by atoms with Gasteiger partial charge in [0.15, 0.2) is 0 Å². The smallest absolute Gasteiger partial charge is 0.312 e. The minimum Gasteiger partial charge on any atom is -0.332 e. The molecule has 0 bridgehead atoms. The topological polar surface area (TPSA) is 44.4 Å². The molecule has 0 aromatic heterocycles. The minimum atomic E-state index is 0.724. The largest absolute Gasteiger partial charge is 0.332 e. The van der Waals surface area contributed by atoms with Crippen molar-refractivity contribution in [2.24, 2.45) is 0 Å². The van der Waals surface area contributed by atoms with Crippen LogP contribution in [0.15, 0.2) is 0 Å². The lowest BCUT2D eigenvalue weighted by Crippen LogP contribution is -2.34. The lowest BCUT2D eigenvalue weighted by Gasteiger charge is -2.14. The van der Waals surface area contributed by atoms with E-state index in [-0.39, 0.29) is 0 Å². The summed E-state index contributed by atoms with van der Waals surface area (Å²) in [5.41, 5.74) is 0. The third kappa shape index (κ3) is 5.82. The van der Waals surface area contributed by atoms with Crippen molar-refractivity contribution >= 4 is 6.41 Å². The van der Waals surface area contributed by atoms with Gasteiger partial charge in [0, 0.05) is 26.2 Å². The Labute approximate surface area is 67.9 Å². The van der Waals surface area contributed by atoms with Crippen LogP contribution in [-0.4, -0.2) is 51.6 Å². The van der Waals surface area contributed by atoms with Crippen molar-refractivity contribution in [2.45, 2.75) is 0 Å². The number of hydrogen-bond acceptors (Lipinski definition) is 3. The molecule has 65 valence electrons. The Balaban J connectivity index is 3.33. The second-order valence-corrected chi connectivity index (χ2v) is 2.29. The molecular weight excluding hydrogens is 142 g/mol. The summed E-state index contributed by atoms with van der Waals surface area (Å²) in [7, 11) is 3.72. The van der Waals surface area contributed by atoms with Crippen LogP contribution < -0.4 is 10.6 Å². The zero-order valence-corrected chi connectivity index (χ0v) is 7.18. The van der Waals surface area contributed by atoms with Gasteiger partial charge in [0.2, 0.25) is 0 Å². The van der Waals surface area contributed by atoms with Gasteiger partial charge in [-0.05, 0) is 14.1 Å². The Morgan fingerprint density at radius 3 is 1.91 bits per heavy atom. The number of hydrogen-bond donors (Lipinski definition) is 2. The monoisotopic (exact) mass is 158 g/mol. The van der Waals surface area contributed by atoms with Crippen LogP contribution >= 0.6 is 0 Å². The van der Waals surface area contributed by atoms with Crippen molar-refractivity contribution in [1.82, 2.24) is 15.5 Å². The highest BCUT2D eigenvalue weighted by Crippen LogP contribution is 1.78. The van der Waals surface area contributed by atoms with E-state index in [1.807, 2.05) is 20.5 Å². The number of rotatable bonds is 7. The highest BCUT2D eigenvalue weighted by Gasteiger charge is 1.98. The molecule has 0 heterocycles. The number of carbonyl (C=O) groups excluding carboxylic acids is 1. The summed E-state index contributed by atoms with van der Waals surface area (Å²) in [5.74, 6) is 0. The molecule has 0 aliphatic heterocycles. The molecule has 0 aromatic rings. The fourth-order valence-corrected chi connectivity index (χ4v) is 0.697. The van der Waals surface area contributed by atoms with Gasteiger partial charge in [0.25, 0.3) is 0 Å². The highest BCUT2D eigenvalue weighted by atomic mass is 16.1. The fraction of sp³-hybridized carbons (Fsp3) is 0.857. The lowest BCUT2D eigenvalue weighted by atomic mass is 10.5. The van der Waals surface area contributed by atoms with E-state index in [2.05, 4.69) is 10.6 Å². The molecule has 1 radical (unpaired) electrons. The molecule has 0 aliphatic rings. The molecule has 0 unspecified atom stereocenters. The maximum absolute atomic E-state index is 10.3. The molecule has 0 saturated carbocycles.